The molecule has 0 atom stereocenters. The smallest absolute Gasteiger partial charge is 0.490 e. The molecule has 2 aromatic carbocycles. The number of aryl methyl sites for hydroxylation is 2. The number of hydrogen-bond acceptors (Lipinski definition) is 12. The normalized spacial score (nSPS) is 16.0. The van der Waals surface area contributed by atoms with Gasteiger partial charge in [-0.1, -0.05) is 35.9 Å². The number of fused-ring (bicyclic) bond motifs is 10. The molecule has 6 aromatic heterocycles. The van der Waals surface area contributed by atoms with E-state index in [0.717, 1.165) is 108 Å². The molecule has 1 saturated heterocycles. The fourth-order valence-corrected chi connectivity index (χ4v) is 8.87. The average Bonchev–Trinajstić information content (AvgIpc) is 3.89. The maximum atomic E-state index is 12.6. The van der Waals surface area contributed by atoms with E-state index in [0.29, 0.717) is 56.2 Å². The maximum Gasteiger partial charge on any atom is 0.496 e. The fourth-order valence-electron chi connectivity index (χ4n) is 8.71. The molecule has 3 aliphatic rings. The second-order valence-electron chi connectivity index (χ2n) is 18.3. The third-order valence-corrected chi connectivity index (χ3v) is 13.3. The molecular formula is C52H56BClN8O8. The van der Waals surface area contributed by atoms with Crippen LogP contribution in [0.2, 0.25) is 5.15 Å². The molecular weight excluding hydrogens is 911 g/mol. The molecule has 11 rings (SSSR count). The van der Waals surface area contributed by atoms with Crippen molar-refractivity contribution in [3.8, 4) is 22.8 Å². The number of carbonyl (C=O) groups is 2. The first-order valence-corrected chi connectivity index (χ1v) is 23.8. The summed E-state index contributed by atoms with van der Waals surface area (Å²) in [5, 5.41) is 12.4. The largest absolute Gasteiger partial charge is 0.496 e. The number of methoxy groups -OCH3 is 2. The van der Waals surface area contributed by atoms with Crippen molar-refractivity contribution >= 4 is 79.3 Å². The molecule has 9 heterocycles. The van der Waals surface area contributed by atoms with Gasteiger partial charge in [0.15, 0.2) is 0 Å². The standard InChI is InChI=1S/C23H22N4O3.C15H12ClN3O.C14H22BNO4/c1-29-7-8-30-16-9-15(11-24-13-16)20-10-18-14(12-26-20)4-5-17-21-19(27-22(17)18)3-2-6-25-23(21)28;16-12-6-10-8(7-18-12)3-4-9-13-11(19-14(9)10)2-1-5-17-15(13)20;1-13(2)14(3,4)20-15(19-13)11-8-12(10-16-9-11)18-7-6-17-5/h4-5,9-13,27H,2-3,6-8H2,1H3,(H,25,28);3-4,6-7,18H,1-2,5H2,(H,17,20);8-10H,6-7H2,1-5H3. The summed E-state index contributed by atoms with van der Waals surface area (Å²) >= 11 is 6.04. The van der Waals surface area contributed by atoms with E-state index in [-0.39, 0.29) is 23.0 Å². The molecule has 0 bridgehead atoms. The van der Waals surface area contributed by atoms with Crippen LogP contribution in [0.4, 0.5) is 0 Å². The minimum atomic E-state index is -0.418. The van der Waals surface area contributed by atoms with Gasteiger partial charge >= 0.3 is 7.12 Å². The summed E-state index contributed by atoms with van der Waals surface area (Å²) in [4.78, 5) is 49.1. The van der Waals surface area contributed by atoms with Gasteiger partial charge in [0.1, 0.15) is 29.9 Å². The van der Waals surface area contributed by atoms with E-state index in [1.165, 1.54) is 0 Å². The van der Waals surface area contributed by atoms with Crippen LogP contribution < -0.4 is 25.6 Å². The Morgan fingerprint density at radius 3 is 2.09 bits per heavy atom. The second-order valence-corrected chi connectivity index (χ2v) is 18.7. The Hall–Kier alpha value is -6.63. The van der Waals surface area contributed by atoms with Crippen molar-refractivity contribution in [3.05, 3.63) is 113 Å². The summed E-state index contributed by atoms with van der Waals surface area (Å²) in [5.41, 5.74) is 7.03. The Morgan fingerprint density at radius 1 is 0.700 bits per heavy atom. The predicted octanol–water partition coefficient (Wildman–Crippen LogP) is 7.93. The lowest BCUT2D eigenvalue weighted by Gasteiger charge is -2.32. The number of pyridine rings is 4. The summed E-state index contributed by atoms with van der Waals surface area (Å²) in [6.07, 6.45) is 14.1. The third-order valence-electron chi connectivity index (χ3n) is 13.0. The first kappa shape index (κ1) is 48.4. The van der Waals surface area contributed by atoms with Gasteiger partial charge in [-0.25, -0.2) is 0 Å². The van der Waals surface area contributed by atoms with Gasteiger partial charge in [0.25, 0.3) is 11.8 Å². The molecule has 8 aromatic rings. The van der Waals surface area contributed by atoms with Crippen molar-refractivity contribution in [2.75, 3.05) is 53.7 Å². The quantitative estimate of drug-likeness (QED) is 0.0588. The Labute approximate surface area is 410 Å². The van der Waals surface area contributed by atoms with Crippen LogP contribution in [-0.4, -0.2) is 114 Å². The zero-order chi connectivity index (χ0) is 49.0. The molecule has 2 amide bonds. The number of ether oxygens (including phenoxy) is 4. The highest BCUT2D eigenvalue weighted by molar-refractivity contribution is 6.62. The first-order chi connectivity index (χ1) is 33.8. The topological polar surface area (TPSA) is 197 Å². The molecule has 362 valence electrons. The number of aromatic nitrogens is 6. The Kier molecular flexibility index (Phi) is 14.4. The lowest BCUT2D eigenvalue weighted by Crippen LogP contribution is -2.41. The van der Waals surface area contributed by atoms with Gasteiger partial charge in [-0.05, 0) is 77.6 Å². The molecule has 0 aliphatic carbocycles. The average molecular weight is 967 g/mol. The lowest BCUT2D eigenvalue weighted by molar-refractivity contribution is 0.00578. The number of rotatable bonds is 10. The number of aromatic amines is 2. The van der Waals surface area contributed by atoms with Gasteiger partial charge < -0.3 is 48.9 Å². The molecule has 0 spiro atoms. The highest BCUT2D eigenvalue weighted by Crippen LogP contribution is 2.37. The second kappa shape index (κ2) is 20.8. The van der Waals surface area contributed by atoms with Crippen LogP contribution in [0.3, 0.4) is 0 Å². The number of nitrogens with zero attached hydrogens (tertiary/aromatic N) is 4. The zero-order valence-corrected chi connectivity index (χ0v) is 40.9. The Balaban J connectivity index is 0.000000135. The predicted molar refractivity (Wildman–Crippen MR) is 271 cm³/mol. The summed E-state index contributed by atoms with van der Waals surface area (Å²) in [6.45, 7) is 11.5. The zero-order valence-electron chi connectivity index (χ0n) is 40.2. The Morgan fingerprint density at radius 2 is 1.36 bits per heavy atom. The molecule has 0 saturated carbocycles. The Bertz CT molecular complexity index is 3200. The number of carbonyl (C=O) groups excluding carboxylic acids is 2. The number of halogens is 1. The number of hydrogen-bond donors (Lipinski definition) is 4. The minimum Gasteiger partial charge on any atom is -0.490 e. The van der Waals surface area contributed by atoms with E-state index in [4.69, 9.17) is 44.8 Å². The molecule has 1 fully saturated rings. The maximum absolute atomic E-state index is 12.6. The van der Waals surface area contributed by atoms with Crippen LogP contribution in [-0.2, 0) is 31.6 Å². The number of nitrogens with one attached hydrogen (secondary N) is 4. The minimum absolute atomic E-state index is 0.00696. The SMILES string of the molecule is COCCOc1cncc(-c2cc3c(ccc4c5c([nH]c43)CCCNC5=O)cn2)c1.COCCOc1cncc(B2OC(C)(C)C(C)(C)O2)c1.O=C1NCCCc2nc3c(ccc4c[nH]c(Cl)cc43)c21. The molecule has 18 heteroatoms. The monoisotopic (exact) mass is 966 g/mol. The highest BCUT2D eigenvalue weighted by atomic mass is 35.5. The van der Waals surface area contributed by atoms with Crippen LogP contribution in [0, 0.1) is 0 Å². The van der Waals surface area contributed by atoms with E-state index in [1.807, 2.05) is 88.6 Å². The van der Waals surface area contributed by atoms with Gasteiger partial charge in [0, 0.05) is 101 Å². The molecule has 0 unspecified atom stereocenters. The molecule has 3 aliphatic heterocycles. The van der Waals surface area contributed by atoms with Crippen molar-refractivity contribution in [2.24, 2.45) is 0 Å². The molecule has 4 N–H and O–H groups in total. The number of H-pyrrole nitrogens is 2. The van der Waals surface area contributed by atoms with Crippen molar-refractivity contribution in [2.45, 2.75) is 64.6 Å². The van der Waals surface area contributed by atoms with E-state index >= 15 is 0 Å². The van der Waals surface area contributed by atoms with Crippen molar-refractivity contribution in [1.29, 1.82) is 0 Å². The van der Waals surface area contributed by atoms with E-state index < -0.39 is 7.12 Å². The van der Waals surface area contributed by atoms with Crippen molar-refractivity contribution < 1.29 is 37.8 Å². The van der Waals surface area contributed by atoms with Crippen LogP contribution in [0.25, 0.3) is 54.6 Å². The van der Waals surface area contributed by atoms with Crippen LogP contribution in [0.15, 0.2) is 85.7 Å². The van der Waals surface area contributed by atoms with E-state index in [1.54, 1.807) is 39.0 Å². The van der Waals surface area contributed by atoms with Crippen LogP contribution in [0.5, 0.6) is 11.5 Å². The summed E-state index contributed by atoms with van der Waals surface area (Å²) in [5.74, 6) is 1.34. The molecule has 16 nitrogen and oxygen atoms in total. The van der Waals surface area contributed by atoms with Crippen LogP contribution in [0.1, 0.15) is 72.6 Å². The number of amides is 2. The lowest BCUT2D eigenvalue weighted by atomic mass is 9.80. The first-order valence-electron chi connectivity index (χ1n) is 23.4. The summed E-state index contributed by atoms with van der Waals surface area (Å²) in [6, 6.07) is 15.7. The molecule has 70 heavy (non-hydrogen) atoms. The fraction of sp³-hybridized carbons (Fsp3) is 0.346. The third kappa shape index (κ3) is 10.2. The van der Waals surface area contributed by atoms with Crippen molar-refractivity contribution in [1.82, 2.24) is 40.5 Å². The van der Waals surface area contributed by atoms with Crippen LogP contribution >= 0.6 is 11.6 Å². The summed E-state index contributed by atoms with van der Waals surface area (Å²) < 4.78 is 33.2. The van der Waals surface area contributed by atoms with Crippen molar-refractivity contribution in [3.63, 3.8) is 0 Å². The summed E-state index contributed by atoms with van der Waals surface area (Å²) in [7, 11) is 2.86. The van der Waals surface area contributed by atoms with E-state index in [9.17, 15) is 9.59 Å². The van der Waals surface area contributed by atoms with Gasteiger partial charge in [-0.15, -0.1) is 0 Å². The van der Waals surface area contributed by atoms with Gasteiger partial charge in [-0.3, -0.25) is 29.5 Å². The molecule has 0 radical (unpaired) electrons. The van der Waals surface area contributed by atoms with Gasteiger partial charge in [0.05, 0.1) is 70.4 Å². The highest BCUT2D eigenvalue weighted by Gasteiger charge is 2.52. The van der Waals surface area contributed by atoms with E-state index in [2.05, 4.69) is 35.6 Å². The number of benzene rings is 2. The van der Waals surface area contributed by atoms with Gasteiger partial charge in [-0.2, -0.15) is 0 Å². The van der Waals surface area contributed by atoms with Gasteiger partial charge in [0.2, 0.25) is 0 Å².